The summed E-state index contributed by atoms with van der Waals surface area (Å²) >= 11 is 0. The molecule has 27 heavy (non-hydrogen) atoms. The van der Waals surface area contributed by atoms with Crippen molar-refractivity contribution in [3.8, 4) is 5.75 Å². The highest BCUT2D eigenvalue weighted by Gasteiger charge is 2.30. The zero-order chi connectivity index (χ0) is 19.6. The lowest BCUT2D eigenvalue weighted by molar-refractivity contribution is -0.131. The van der Waals surface area contributed by atoms with Gasteiger partial charge in [-0.2, -0.15) is 4.31 Å². The maximum absolute atomic E-state index is 13.4. The highest BCUT2D eigenvalue weighted by molar-refractivity contribution is 7.89. The van der Waals surface area contributed by atoms with E-state index in [9.17, 15) is 27.1 Å². The molecule has 0 bridgehead atoms. The molecule has 1 amide bonds. The summed E-state index contributed by atoms with van der Waals surface area (Å²) in [6.45, 7) is 0.560. The fourth-order valence-electron chi connectivity index (χ4n) is 2.86. The zero-order valence-corrected chi connectivity index (χ0v) is 15.1. The van der Waals surface area contributed by atoms with Gasteiger partial charge in [-0.05, 0) is 35.9 Å². The van der Waals surface area contributed by atoms with Crippen LogP contribution in [-0.2, 0) is 21.2 Å². The molecule has 9 heteroatoms. The van der Waals surface area contributed by atoms with Gasteiger partial charge in [-0.1, -0.05) is 12.1 Å². The van der Waals surface area contributed by atoms with Gasteiger partial charge in [-0.25, -0.2) is 17.2 Å². The fraction of sp³-hybridized carbons (Fsp3) is 0.278. The van der Waals surface area contributed by atoms with E-state index in [1.165, 1.54) is 12.1 Å². The Morgan fingerprint density at radius 3 is 2.19 bits per heavy atom. The second-order valence-corrected chi connectivity index (χ2v) is 8.14. The lowest BCUT2D eigenvalue weighted by Gasteiger charge is -2.34. The summed E-state index contributed by atoms with van der Waals surface area (Å²) < 4.78 is 52.7. The SMILES string of the molecule is O=C(Cc1ccc(O)cc1)N1CCN(S(=O)(=O)c2ccc(F)c(F)c2)CC1. The quantitative estimate of drug-likeness (QED) is 0.854. The maximum Gasteiger partial charge on any atom is 0.243 e. The van der Waals surface area contributed by atoms with Gasteiger partial charge in [-0.3, -0.25) is 4.79 Å². The van der Waals surface area contributed by atoms with Gasteiger partial charge < -0.3 is 10.0 Å². The van der Waals surface area contributed by atoms with Crippen LogP contribution in [0.3, 0.4) is 0 Å². The molecule has 144 valence electrons. The number of piperazine rings is 1. The summed E-state index contributed by atoms with van der Waals surface area (Å²) in [7, 11) is -3.95. The largest absolute Gasteiger partial charge is 0.508 e. The molecule has 2 aromatic carbocycles. The van der Waals surface area contributed by atoms with E-state index in [4.69, 9.17) is 0 Å². The molecule has 0 aromatic heterocycles. The highest BCUT2D eigenvalue weighted by atomic mass is 32.2. The van der Waals surface area contributed by atoms with E-state index in [1.54, 1.807) is 17.0 Å². The van der Waals surface area contributed by atoms with Crippen molar-refractivity contribution in [1.29, 1.82) is 0 Å². The van der Waals surface area contributed by atoms with E-state index in [1.807, 2.05) is 0 Å². The minimum absolute atomic E-state index is 0.0721. The Kier molecular flexibility index (Phi) is 5.43. The molecule has 0 saturated carbocycles. The van der Waals surface area contributed by atoms with Crippen LogP contribution in [0.5, 0.6) is 5.75 Å². The summed E-state index contributed by atoms with van der Waals surface area (Å²) in [5, 5.41) is 9.27. The van der Waals surface area contributed by atoms with Gasteiger partial charge in [-0.15, -0.1) is 0 Å². The van der Waals surface area contributed by atoms with Crippen molar-refractivity contribution in [2.24, 2.45) is 0 Å². The van der Waals surface area contributed by atoms with Gasteiger partial charge in [0.25, 0.3) is 0 Å². The van der Waals surface area contributed by atoms with Crippen LogP contribution in [-0.4, -0.2) is 54.8 Å². The fourth-order valence-corrected chi connectivity index (χ4v) is 4.30. The Hall–Kier alpha value is -2.52. The molecule has 0 radical (unpaired) electrons. The number of amides is 1. The molecule has 1 fully saturated rings. The van der Waals surface area contributed by atoms with Crippen LogP contribution in [0.4, 0.5) is 8.78 Å². The number of benzene rings is 2. The number of hydrogen-bond acceptors (Lipinski definition) is 4. The van der Waals surface area contributed by atoms with Crippen molar-refractivity contribution in [1.82, 2.24) is 9.21 Å². The molecule has 1 saturated heterocycles. The maximum atomic E-state index is 13.4. The number of carbonyl (C=O) groups is 1. The van der Waals surface area contributed by atoms with Crippen LogP contribution in [0.25, 0.3) is 0 Å². The van der Waals surface area contributed by atoms with E-state index in [2.05, 4.69) is 0 Å². The van der Waals surface area contributed by atoms with Crippen LogP contribution in [0.2, 0.25) is 0 Å². The Bertz CT molecular complexity index is 940. The van der Waals surface area contributed by atoms with E-state index >= 15 is 0 Å². The van der Waals surface area contributed by atoms with Gasteiger partial charge in [0.2, 0.25) is 15.9 Å². The molecular formula is C18H18F2N2O4S. The molecule has 3 rings (SSSR count). The second kappa shape index (κ2) is 7.61. The Morgan fingerprint density at radius 1 is 0.963 bits per heavy atom. The number of carbonyl (C=O) groups excluding carboxylic acids is 1. The van der Waals surface area contributed by atoms with Crippen LogP contribution in [0.1, 0.15) is 5.56 Å². The number of halogens is 2. The van der Waals surface area contributed by atoms with Crippen molar-refractivity contribution in [2.75, 3.05) is 26.2 Å². The Labute approximate surface area is 155 Å². The van der Waals surface area contributed by atoms with E-state index in [0.29, 0.717) is 6.07 Å². The molecule has 0 unspecified atom stereocenters. The van der Waals surface area contributed by atoms with Crippen LogP contribution < -0.4 is 0 Å². The standard InChI is InChI=1S/C18H18F2N2O4S/c19-16-6-5-15(12-17(16)20)27(25,26)22-9-7-21(8-10-22)18(24)11-13-1-3-14(23)4-2-13/h1-6,12,23H,7-11H2. The molecule has 1 aliphatic rings. The van der Waals surface area contributed by atoms with Gasteiger partial charge >= 0.3 is 0 Å². The van der Waals surface area contributed by atoms with Gasteiger partial charge in [0.05, 0.1) is 11.3 Å². The van der Waals surface area contributed by atoms with Crippen LogP contribution >= 0.6 is 0 Å². The number of hydrogen-bond donors (Lipinski definition) is 1. The third kappa shape index (κ3) is 4.25. The van der Waals surface area contributed by atoms with Crippen LogP contribution in [0.15, 0.2) is 47.4 Å². The molecule has 1 heterocycles. The van der Waals surface area contributed by atoms with Crippen molar-refractivity contribution >= 4 is 15.9 Å². The average molecular weight is 396 g/mol. The first kappa shape index (κ1) is 19.2. The minimum Gasteiger partial charge on any atom is -0.508 e. The first-order chi connectivity index (χ1) is 12.8. The molecule has 6 nitrogen and oxygen atoms in total. The minimum atomic E-state index is -3.95. The number of phenolic OH excluding ortho intramolecular Hbond substituents is 1. The summed E-state index contributed by atoms with van der Waals surface area (Å²) in [6.07, 6.45) is 0.149. The number of phenols is 1. The molecular weight excluding hydrogens is 378 g/mol. The number of nitrogens with zero attached hydrogens (tertiary/aromatic N) is 2. The van der Waals surface area contributed by atoms with E-state index < -0.39 is 21.7 Å². The topological polar surface area (TPSA) is 77.9 Å². The Balaban J connectivity index is 1.63. The van der Waals surface area contributed by atoms with Gasteiger partial charge in [0.15, 0.2) is 11.6 Å². The predicted octanol–water partition coefficient (Wildman–Crippen LogP) is 1.75. The summed E-state index contributed by atoms with van der Waals surface area (Å²) in [4.78, 5) is 13.6. The van der Waals surface area contributed by atoms with Crippen molar-refractivity contribution in [3.05, 3.63) is 59.7 Å². The van der Waals surface area contributed by atoms with E-state index in [0.717, 1.165) is 22.0 Å². The summed E-state index contributed by atoms with van der Waals surface area (Å²) in [5.41, 5.74) is 0.745. The third-order valence-electron chi connectivity index (χ3n) is 4.41. The van der Waals surface area contributed by atoms with E-state index in [-0.39, 0.29) is 49.2 Å². The first-order valence-electron chi connectivity index (χ1n) is 8.28. The van der Waals surface area contributed by atoms with Crippen molar-refractivity contribution in [3.63, 3.8) is 0 Å². The monoisotopic (exact) mass is 396 g/mol. The first-order valence-corrected chi connectivity index (χ1v) is 9.72. The van der Waals surface area contributed by atoms with Gasteiger partial charge in [0, 0.05) is 26.2 Å². The van der Waals surface area contributed by atoms with Gasteiger partial charge in [0.1, 0.15) is 5.75 Å². The summed E-state index contributed by atoms with van der Waals surface area (Å²) in [6, 6.07) is 8.75. The molecule has 0 atom stereocenters. The second-order valence-electron chi connectivity index (χ2n) is 6.20. The zero-order valence-electron chi connectivity index (χ0n) is 14.3. The molecule has 2 aromatic rings. The number of sulfonamides is 1. The summed E-state index contributed by atoms with van der Waals surface area (Å²) in [5.74, 6) is -2.37. The number of rotatable bonds is 4. The smallest absolute Gasteiger partial charge is 0.243 e. The molecule has 0 spiro atoms. The highest BCUT2D eigenvalue weighted by Crippen LogP contribution is 2.20. The molecule has 1 aliphatic heterocycles. The lowest BCUT2D eigenvalue weighted by atomic mass is 10.1. The van der Waals surface area contributed by atoms with Crippen molar-refractivity contribution < 1.29 is 27.1 Å². The normalized spacial score (nSPS) is 15.7. The van der Waals surface area contributed by atoms with Crippen LogP contribution in [0, 0.1) is 11.6 Å². The number of aromatic hydroxyl groups is 1. The molecule has 1 N–H and O–H groups in total. The van der Waals surface area contributed by atoms with Crippen molar-refractivity contribution in [2.45, 2.75) is 11.3 Å². The third-order valence-corrected chi connectivity index (χ3v) is 6.31. The Morgan fingerprint density at radius 2 is 1.59 bits per heavy atom. The average Bonchev–Trinajstić information content (AvgIpc) is 2.66. The molecule has 0 aliphatic carbocycles. The lowest BCUT2D eigenvalue weighted by Crippen LogP contribution is -2.50. The predicted molar refractivity (Wildman–Crippen MR) is 93.5 cm³/mol.